The van der Waals surface area contributed by atoms with Gasteiger partial charge in [0.1, 0.15) is 6.29 Å². The fourth-order valence-electron chi connectivity index (χ4n) is 0.790. The Bertz CT molecular complexity index is 144. The molecule has 3 nitrogen and oxygen atoms in total. The number of carbonyl (C=O) groups excluding carboxylic acids is 1. The lowest BCUT2D eigenvalue weighted by molar-refractivity contribution is -0.147. The highest BCUT2D eigenvalue weighted by molar-refractivity contribution is 5.54. The van der Waals surface area contributed by atoms with Gasteiger partial charge >= 0.3 is 0 Å². The van der Waals surface area contributed by atoms with Gasteiger partial charge in [-0.05, 0) is 0 Å². The van der Waals surface area contributed by atoms with Gasteiger partial charge in [-0.2, -0.15) is 0 Å². The molecule has 0 aliphatic carbocycles. The first-order chi connectivity index (χ1) is 5.29. The molecule has 0 aliphatic rings. The Balaban J connectivity index is 3.99. The van der Waals surface area contributed by atoms with E-state index >= 15 is 0 Å². The summed E-state index contributed by atoms with van der Waals surface area (Å²) in [5.74, 6) is 2.01. The average molecular weight is 156 g/mol. The van der Waals surface area contributed by atoms with Crippen LogP contribution in [0.1, 0.15) is 6.42 Å². The monoisotopic (exact) mass is 156 g/mol. The van der Waals surface area contributed by atoms with Gasteiger partial charge < -0.3 is 14.3 Å². The van der Waals surface area contributed by atoms with E-state index in [1.165, 1.54) is 14.2 Å². The minimum absolute atomic E-state index is 0.343. The van der Waals surface area contributed by atoms with Crippen LogP contribution in [0.2, 0.25) is 0 Å². The van der Waals surface area contributed by atoms with E-state index in [9.17, 15) is 4.79 Å². The Morgan fingerprint density at radius 3 is 2.36 bits per heavy atom. The van der Waals surface area contributed by atoms with Crippen LogP contribution < -0.4 is 0 Å². The summed E-state index contributed by atoms with van der Waals surface area (Å²) in [4.78, 5) is 10.4. The molecule has 1 unspecified atom stereocenters. The number of hydrogen-bond acceptors (Lipinski definition) is 3. The summed E-state index contributed by atoms with van der Waals surface area (Å²) in [7, 11) is 2.95. The summed E-state index contributed by atoms with van der Waals surface area (Å²) in [5.41, 5.74) is 0. The van der Waals surface area contributed by atoms with Crippen LogP contribution in [-0.2, 0) is 14.3 Å². The highest BCUT2D eigenvalue weighted by Crippen LogP contribution is 2.08. The molecule has 0 bridgehead atoms. The highest BCUT2D eigenvalue weighted by Gasteiger charge is 2.18. The zero-order chi connectivity index (χ0) is 8.69. The van der Waals surface area contributed by atoms with Gasteiger partial charge in [0.25, 0.3) is 0 Å². The van der Waals surface area contributed by atoms with Gasteiger partial charge in [0.2, 0.25) is 0 Å². The molecule has 11 heavy (non-hydrogen) atoms. The number of methoxy groups -OCH3 is 2. The first-order valence-corrected chi connectivity index (χ1v) is 3.24. The summed E-state index contributed by atoms with van der Waals surface area (Å²) in [6, 6.07) is 0. The van der Waals surface area contributed by atoms with Crippen molar-refractivity contribution in [2.24, 2.45) is 5.92 Å². The Labute approximate surface area is 66.7 Å². The predicted molar refractivity (Wildman–Crippen MR) is 40.8 cm³/mol. The molecule has 3 heteroatoms. The first-order valence-electron chi connectivity index (χ1n) is 3.24. The zero-order valence-corrected chi connectivity index (χ0v) is 6.74. The van der Waals surface area contributed by atoms with Gasteiger partial charge in [0.15, 0.2) is 6.29 Å². The maximum absolute atomic E-state index is 10.4. The number of rotatable bonds is 5. The van der Waals surface area contributed by atoms with Crippen molar-refractivity contribution in [1.82, 2.24) is 0 Å². The molecule has 0 spiro atoms. The molecule has 0 aromatic heterocycles. The lowest BCUT2D eigenvalue weighted by Gasteiger charge is -2.17. The molecule has 0 saturated carbocycles. The Morgan fingerprint density at radius 1 is 1.55 bits per heavy atom. The second kappa shape index (κ2) is 5.90. The number of hydrogen-bond donors (Lipinski definition) is 0. The Morgan fingerprint density at radius 2 is 2.09 bits per heavy atom. The third-order valence-corrected chi connectivity index (χ3v) is 1.34. The Kier molecular flexibility index (Phi) is 5.44. The molecule has 0 aromatic carbocycles. The topological polar surface area (TPSA) is 35.5 Å². The van der Waals surface area contributed by atoms with E-state index < -0.39 is 6.29 Å². The summed E-state index contributed by atoms with van der Waals surface area (Å²) in [6.45, 7) is 0. The van der Waals surface area contributed by atoms with Crippen LogP contribution in [0.3, 0.4) is 0 Å². The van der Waals surface area contributed by atoms with E-state index in [0.29, 0.717) is 6.42 Å². The number of aldehydes is 1. The molecule has 0 fully saturated rings. The van der Waals surface area contributed by atoms with E-state index in [0.717, 1.165) is 6.29 Å². The lowest BCUT2D eigenvalue weighted by Crippen LogP contribution is -2.25. The van der Waals surface area contributed by atoms with Crippen molar-refractivity contribution in [2.75, 3.05) is 14.2 Å². The molecule has 0 amide bonds. The van der Waals surface area contributed by atoms with Crippen LogP contribution in [0.4, 0.5) is 0 Å². The van der Waals surface area contributed by atoms with Crippen LogP contribution in [0.5, 0.6) is 0 Å². The molecular formula is C8H12O3. The number of ether oxygens (including phenoxy) is 2. The van der Waals surface area contributed by atoms with E-state index in [1.807, 2.05) is 0 Å². The van der Waals surface area contributed by atoms with Crippen LogP contribution in [0, 0.1) is 18.3 Å². The molecule has 0 aromatic rings. The molecule has 62 valence electrons. The van der Waals surface area contributed by atoms with E-state index in [2.05, 4.69) is 5.92 Å². The zero-order valence-electron chi connectivity index (χ0n) is 6.74. The lowest BCUT2D eigenvalue weighted by atomic mass is 10.1. The smallest absolute Gasteiger partial charge is 0.167 e. The van der Waals surface area contributed by atoms with Crippen molar-refractivity contribution < 1.29 is 14.3 Å². The second-order valence-electron chi connectivity index (χ2n) is 2.05. The van der Waals surface area contributed by atoms with E-state index in [1.54, 1.807) is 0 Å². The fraction of sp³-hybridized carbons (Fsp3) is 0.625. The molecule has 0 saturated heterocycles. The van der Waals surface area contributed by atoms with Crippen LogP contribution in [0.25, 0.3) is 0 Å². The highest BCUT2D eigenvalue weighted by atomic mass is 16.7. The predicted octanol–water partition coefficient (Wildman–Crippen LogP) is 0.444. The summed E-state index contributed by atoms with van der Waals surface area (Å²) >= 11 is 0. The van der Waals surface area contributed by atoms with Crippen molar-refractivity contribution in [3.05, 3.63) is 0 Å². The van der Waals surface area contributed by atoms with Gasteiger partial charge in [0.05, 0.1) is 5.92 Å². The van der Waals surface area contributed by atoms with E-state index in [4.69, 9.17) is 15.9 Å². The fourth-order valence-corrected chi connectivity index (χ4v) is 0.790. The van der Waals surface area contributed by atoms with Gasteiger partial charge in [0, 0.05) is 20.6 Å². The number of terminal acetylenes is 1. The number of carbonyl (C=O) groups is 1. The van der Waals surface area contributed by atoms with Gasteiger partial charge in [-0.25, -0.2) is 0 Å². The van der Waals surface area contributed by atoms with E-state index in [-0.39, 0.29) is 5.92 Å². The third kappa shape index (κ3) is 3.17. The minimum Gasteiger partial charge on any atom is -0.355 e. The maximum atomic E-state index is 10.4. The van der Waals surface area contributed by atoms with Gasteiger partial charge in [-0.1, -0.05) is 0 Å². The van der Waals surface area contributed by atoms with Crippen LogP contribution >= 0.6 is 0 Å². The Hall–Kier alpha value is -0.850. The minimum atomic E-state index is -0.524. The normalized spacial score (nSPS) is 12.5. The van der Waals surface area contributed by atoms with Crippen molar-refractivity contribution >= 4 is 6.29 Å². The van der Waals surface area contributed by atoms with Gasteiger partial charge in [-0.3, -0.25) is 0 Å². The molecule has 0 heterocycles. The summed E-state index contributed by atoms with van der Waals surface area (Å²) in [6.07, 6.45) is 5.60. The molecule has 0 radical (unpaired) electrons. The first kappa shape index (κ1) is 10.2. The van der Waals surface area contributed by atoms with Crippen LogP contribution in [-0.4, -0.2) is 26.8 Å². The van der Waals surface area contributed by atoms with Crippen molar-refractivity contribution in [1.29, 1.82) is 0 Å². The van der Waals surface area contributed by atoms with Crippen molar-refractivity contribution in [3.63, 3.8) is 0 Å². The van der Waals surface area contributed by atoms with Gasteiger partial charge in [-0.15, -0.1) is 12.3 Å². The summed E-state index contributed by atoms with van der Waals surface area (Å²) in [5, 5.41) is 0. The van der Waals surface area contributed by atoms with Crippen molar-refractivity contribution in [3.8, 4) is 12.3 Å². The van der Waals surface area contributed by atoms with Crippen molar-refractivity contribution in [2.45, 2.75) is 12.7 Å². The molecular weight excluding hydrogens is 144 g/mol. The molecule has 1 atom stereocenters. The SMILES string of the molecule is C#CCC(C=O)C(OC)OC. The quantitative estimate of drug-likeness (QED) is 0.329. The maximum Gasteiger partial charge on any atom is 0.167 e. The molecule has 0 N–H and O–H groups in total. The molecule has 0 aliphatic heterocycles. The second-order valence-corrected chi connectivity index (χ2v) is 2.05. The summed E-state index contributed by atoms with van der Waals surface area (Å²) < 4.78 is 9.71. The average Bonchev–Trinajstić information content (AvgIpc) is 2.05. The standard InChI is InChI=1S/C8H12O3/c1-4-5-7(6-9)8(10-2)11-3/h1,6-8H,5H2,2-3H3. The molecule has 0 rings (SSSR count). The third-order valence-electron chi connectivity index (χ3n) is 1.34. The van der Waals surface area contributed by atoms with Crippen LogP contribution in [0.15, 0.2) is 0 Å². The largest absolute Gasteiger partial charge is 0.355 e.